The normalized spacial score (nSPS) is 11.5. The van der Waals surface area contributed by atoms with Crippen molar-refractivity contribution in [3.63, 3.8) is 0 Å². The van der Waals surface area contributed by atoms with Gasteiger partial charge in [0.15, 0.2) is 0 Å². The minimum Gasteiger partial charge on any atom is -0.448 e. The van der Waals surface area contributed by atoms with Crippen LogP contribution < -0.4 is 0 Å². The molecule has 0 heterocycles. The van der Waals surface area contributed by atoms with Crippen LogP contribution in [-0.4, -0.2) is 34.8 Å². The van der Waals surface area contributed by atoms with Gasteiger partial charge in [-0.1, -0.05) is 60.0 Å². The van der Waals surface area contributed by atoms with E-state index in [1.54, 1.807) is 0 Å². The SMILES string of the molecule is C=C(CCCC)C(=O)O[Si](OCCCC)(OCCCC)OCCCC. The van der Waals surface area contributed by atoms with Gasteiger partial charge in [0.2, 0.25) is 0 Å². The average Bonchev–Trinajstić information content (AvgIpc) is 2.60. The molecule has 25 heavy (non-hydrogen) atoms. The Morgan fingerprint density at radius 1 is 0.760 bits per heavy atom. The van der Waals surface area contributed by atoms with Gasteiger partial charge in [-0.05, 0) is 32.1 Å². The Kier molecular flexibility index (Phi) is 15.1. The Morgan fingerprint density at radius 3 is 1.52 bits per heavy atom. The molecule has 0 saturated heterocycles. The second-order valence-corrected chi connectivity index (χ2v) is 8.27. The topological polar surface area (TPSA) is 54.0 Å². The first-order chi connectivity index (χ1) is 12.0. The summed E-state index contributed by atoms with van der Waals surface area (Å²) in [5.74, 6) is -0.454. The average molecular weight is 375 g/mol. The molecule has 0 radical (unpaired) electrons. The summed E-state index contributed by atoms with van der Waals surface area (Å²) in [6.45, 7) is 13.6. The summed E-state index contributed by atoms with van der Waals surface area (Å²) in [6.07, 6.45) is 8.13. The van der Waals surface area contributed by atoms with Crippen molar-refractivity contribution in [3.8, 4) is 0 Å². The van der Waals surface area contributed by atoms with Gasteiger partial charge in [-0.15, -0.1) is 0 Å². The Balaban J connectivity index is 5.02. The van der Waals surface area contributed by atoms with E-state index in [1.807, 2.05) is 0 Å². The highest BCUT2D eigenvalue weighted by molar-refractivity contribution is 6.55. The Hall–Kier alpha value is -0.693. The molecule has 0 aliphatic carbocycles. The number of rotatable bonds is 17. The van der Waals surface area contributed by atoms with Gasteiger partial charge < -0.3 is 17.7 Å². The molecule has 148 valence electrons. The first-order valence-corrected chi connectivity index (χ1v) is 11.5. The Bertz CT molecular complexity index is 333. The summed E-state index contributed by atoms with van der Waals surface area (Å²) in [7, 11) is -3.48. The van der Waals surface area contributed by atoms with Crippen LogP contribution in [0.25, 0.3) is 0 Å². The third kappa shape index (κ3) is 11.5. The summed E-state index contributed by atoms with van der Waals surface area (Å²) in [4.78, 5) is 12.4. The molecule has 0 bridgehead atoms. The number of unbranched alkanes of at least 4 members (excludes halogenated alkanes) is 4. The summed E-state index contributed by atoms with van der Waals surface area (Å²) < 4.78 is 23.4. The van der Waals surface area contributed by atoms with Crippen LogP contribution in [0.4, 0.5) is 0 Å². The van der Waals surface area contributed by atoms with Gasteiger partial charge in [0.05, 0.1) is 0 Å². The van der Waals surface area contributed by atoms with Crippen LogP contribution in [0.5, 0.6) is 0 Å². The zero-order valence-corrected chi connectivity index (χ0v) is 17.7. The second-order valence-electron chi connectivity index (χ2n) is 6.20. The van der Waals surface area contributed by atoms with E-state index >= 15 is 0 Å². The van der Waals surface area contributed by atoms with Gasteiger partial charge >= 0.3 is 15.0 Å². The van der Waals surface area contributed by atoms with Gasteiger partial charge in [0, 0.05) is 25.4 Å². The van der Waals surface area contributed by atoms with Crippen LogP contribution in [0, 0.1) is 0 Å². The predicted octanol–water partition coefficient (Wildman–Crippen LogP) is 5.16. The van der Waals surface area contributed by atoms with Crippen molar-refractivity contribution < 1.29 is 22.5 Å². The van der Waals surface area contributed by atoms with Gasteiger partial charge in [0.1, 0.15) is 0 Å². The molecule has 0 atom stereocenters. The van der Waals surface area contributed by atoms with Crippen molar-refractivity contribution in [1.29, 1.82) is 0 Å². The minimum absolute atomic E-state index is 0.454. The first kappa shape index (κ1) is 24.3. The number of hydrogen-bond donors (Lipinski definition) is 0. The van der Waals surface area contributed by atoms with E-state index in [-0.39, 0.29) is 0 Å². The number of carbonyl (C=O) groups excluding carboxylic acids is 1. The molecule has 0 amide bonds. The molecule has 0 aromatic heterocycles. The van der Waals surface area contributed by atoms with E-state index < -0.39 is 15.0 Å². The zero-order chi connectivity index (χ0) is 19.0. The van der Waals surface area contributed by atoms with Gasteiger partial charge in [0.25, 0.3) is 0 Å². The van der Waals surface area contributed by atoms with Crippen molar-refractivity contribution in [2.45, 2.75) is 85.5 Å². The molecule has 0 rings (SSSR count). The van der Waals surface area contributed by atoms with Crippen molar-refractivity contribution in [2.24, 2.45) is 0 Å². The molecule has 6 heteroatoms. The molecule has 0 aromatic rings. The third-order valence-electron chi connectivity index (χ3n) is 3.67. The highest BCUT2D eigenvalue weighted by Crippen LogP contribution is 2.18. The number of hydrogen-bond acceptors (Lipinski definition) is 5. The molecule has 0 aromatic carbocycles. The largest absolute Gasteiger partial charge is 0.751 e. The number of carbonyl (C=O) groups is 1. The summed E-state index contributed by atoms with van der Waals surface area (Å²) in [5, 5.41) is 0. The van der Waals surface area contributed by atoms with E-state index in [0.717, 1.165) is 51.4 Å². The zero-order valence-electron chi connectivity index (χ0n) is 16.7. The van der Waals surface area contributed by atoms with Gasteiger partial charge in [-0.3, -0.25) is 0 Å². The fourth-order valence-corrected chi connectivity index (χ4v) is 3.90. The summed E-state index contributed by atoms with van der Waals surface area (Å²) in [5.41, 5.74) is 0.455. The maximum atomic E-state index is 12.4. The van der Waals surface area contributed by atoms with Crippen LogP contribution in [-0.2, 0) is 22.5 Å². The standard InChI is InChI=1S/C19H38O5Si/c1-6-10-14-18(5)19(20)24-25(21-15-11-7-2,22-16-12-8-3)23-17-13-9-4/h5-17H2,1-4H3. The van der Waals surface area contributed by atoms with Crippen molar-refractivity contribution >= 4 is 15.0 Å². The molecule has 0 unspecified atom stereocenters. The molecule has 0 saturated carbocycles. The van der Waals surface area contributed by atoms with E-state index in [1.165, 1.54) is 0 Å². The second kappa shape index (κ2) is 15.6. The minimum atomic E-state index is -3.48. The molecule has 0 spiro atoms. The van der Waals surface area contributed by atoms with E-state index in [0.29, 0.717) is 31.8 Å². The van der Waals surface area contributed by atoms with E-state index in [2.05, 4.69) is 34.3 Å². The van der Waals surface area contributed by atoms with Gasteiger partial charge in [-0.2, -0.15) is 0 Å². The maximum absolute atomic E-state index is 12.4. The molecule has 0 aliphatic rings. The van der Waals surface area contributed by atoms with Crippen molar-refractivity contribution in [3.05, 3.63) is 12.2 Å². The quantitative estimate of drug-likeness (QED) is 0.200. The Morgan fingerprint density at radius 2 is 1.16 bits per heavy atom. The fraction of sp³-hybridized carbons (Fsp3) is 0.842. The monoisotopic (exact) mass is 374 g/mol. The lowest BCUT2D eigenvalue weighted by atomic mass is 10.1. The Labute approximate surface area is 155 Å². The van der Waals surface area contributed by atoms with Gasteiger partial charge in [-0.25, -0.2) is 4.79 Å². The lowest BCUT2D eigenvalue weighted by Crippen LogP contribution is -2.51. The molecule has 0 fully saturated rings. The third-order valence-corrected chi connectivity index (χ3v) is 5.78. The highest BCUT2D eigenvalue weighted by Gasteiger charge is 2.50. The van der Waals surface area contributed by atoms with Crippen LogP contribution >= 0.6 is 0 Å². The van der Waals surface area contributed by atoms with Crippen LogP contribution in [0.15, 0.2) is 12.2 Å². The van der Waals surface area contributed by atoms with Crippen molar-refractivity contribution in [1.82, 2.24) is 0 Å². The smallest absolute Gasteiger partial charge is 0.448 e. The molecular formula is C19H38O5Si. The molecular weight excluding hydrogens is 336 g/mol. The first-order valence-electron chi connectivity index (χ1n) is 9.88. The lowest BCUT2D eigenvalue weighted by molar-refractivity contribution is -0.140. The van der Waals surface area contributed by atoms with Crippen LogP contribution in [0.3, 0.4) is 0 Å². The fourth-order valence-electron chi connectivity index (χ4n) is 1.92. The molecule has 0 N–H and O–H groups in total. The lowest BCUT2D eigenvalue weighted by Gasteiger charge is -2.27. The van der Waals surface area contributed by atoms with Crippen molar-refractivity contribution in [2.75, 3.05) is 19.8 Å². The molecule has 0 aliphatic heterocycles. The maximum Gasteiger partial charge on any atom is 0.751 e. The van der Waals surface area contributed by atoms with E-state index in [4.69, 9.17) is 17.7 Å². The summed E-state index contributed by atoms with van der Waals surface area (Å²) >= 11 is 0. The van der Waals surface area contributed by atoms with Crippen LogP contribution in [0.2, 0.25) is 0 Å². The summed E-state index contributed by atoms with van der Waals surface area (Å²) in [6, 6.07) is 0. The van der Waals surface area contributed by atoms with E-state index in [9.17, 15) is 4.79 Å². The predicted molar refractivity (Wildman–Crippen MR) is 103 cm³/mol. The highest BCUT2D eigenvalue weighted by atomic mass is 28.4. The molecule has 5 nitrogen and oxygen atoms in total. The van der Waals surface area contributed by atoms with Crippen LogP contribution in [0.1, 0.15) is 85.5 Å².